The molecule has 0 aliphatic carbocycles. The number of piperidine rings is 1. The molecular formula is C32H31ClFN5O. The Labute approximate surface area is 238 Å². The van der Waals surface area contributed by atoms with Gasteiger partial charge >= 0.3 is 0 Å². The number of likely N-dealkylation sites (tertiary alicyclic amines) is 1. The molecule has 1 atom stereocenters. The van der Waals surface area contributed by atoms with Crippen molar-refractivity contribution in [1.82, 2.24) is 20.5 Å². The van der Waals surface area contributed by atoms with Gasteiger partial charge in [0.05, 0.1) is 17.1 Å². The van der Waals surface area contributed by atoms with Crippen molar-refractivity contribution in [2.24, 2.45) is 5.92 Å². The van der Waals surface area contributed by atoms with Crippen molar-refractivity contribution in [2.75, 3.05) is 25.1 Å². The molecule has 40 heavy (non-hydrogen) atoms. The molecule has 204 valence electrons. The smallest absolute Gasteiger partial charge is 0.241 e. The number of carbonyl (C=O) groups is 1. The van der Waals surface area contributed by atoms with Gasteiger partial charge in [-0.3, -0.25) is 20.5 Å². The fraction of sp³-hybridized carbons (Fsp3) is 0.219. The van der Waals surface area contributed by atoms with Crippen molar-refractivity contribution in [2.45, 2.75) is 19.0 Å². The first-order valence-electron chi connectivity index (χ1n) is 13.6. The summed E-state index contributed by atoms with van der Waals surface area (Å²) in [6.45, 7) is 2.36. The van der Waals surface area contributed by atoms with E-state index in [2.05, 4.69) is 80.7 Å². The number of amides is 1. The fourth-order valence-electron chi connectivity index (χ4n) is 5.48. The first-order chi connectivity index (χ1) is 19.5. The van der Waals surface area contributed by atoms with Crippen molar-refractivity contribution in [3.8, 4) is 0 Å². The molecule has 3 N–H and O–H groups in total. The Hall–Kier alpha value is -4.07. The van der Waals surface area contributed by atoms with Crippen molar-refractivity contribution < 1.29 is 9.18 Å². The summed E-state index contributed by atoms with van der Waals surface area (Å²) in [5.74, 6) is -0.512. The van der Waals surface area contributed by atoms with Crippen LogP contribution in [0.4, 0.5) is 10.1 Å². The Morgan fingerprint density at radius 1 is 0.975 bits per heavy atom. The quantitative estimate of drug-likeness (QED) is 0.320. The number of hydrogen-bond donors (Lipinski definition) is 3. The van der Waals surface area contributed by atoms with E-state index in [1.54, 1.807) is 12.1 Å². The lowest BCUT2D eigenvalue weighted by atomic mass is 9.96. The van der Waals surface area contributed by atoms with Crippen LogP contribution in [-0.4, -0.2) is 41.5 Å². The Morgan fingerprint density at radius 2 is 1.75 bits per heavy atom. The highest BCUT2D eigenvalue weighted by Crippen LogP contribution is 2.35. The molecule has 6 rings (SSSR count). The van der Waals surface area contributed by atoms with Crippen LogP contribution >= 0.6 is 11.6 Å². The third kappa shape index (κ3) is 5.76. The summed E-state index contributed by atoms with van der Waals surface area (Å²) < 4.78 is 13.4. The minimum Gasteiger partial charge on any atom is -0.360 e. The molecule has 0 spiro atoms. The Balaban J connectivity index is 1.16. The van der Waals surface area contributed by atoms with Crippen LogP contribution in [0.5, 0.6) is 0 Å². The van der Waals surface area contributed by atoms with Crippen LogP contribution in [-0.2, 0) is 4.79 Å². The number of hydrogen-bond acceptors (Lipinski definition) is 5. The number of allylic oxidation sites excluding steroid dienone is 2. The largest absolute Gasteiger partial charge is 0.360 e. The lowest BCUT2D eigenvalue weighted by Crippen LogP contribution is -2.43. The molecule has 8 heteroatoms. The molecule has 1 saturated heterocycles. The number of halogens is 2. The summed E-state index contributed by atoms with van der Waals surface area (Å²) >= 11 is 6.19. The van der Waals surface area contributed by atoms with Crippen LogP contribution in [0.25, 0.3) is 11.3 Å². The second-order valence-corrected chi connectivity index (χ2v) is 10.7. The monoisotopic (exact) mass is 555 g/mol. The summed E-state index contributed by atoms with van der Waals surface area (Å²) in [5.41, 5.74) is 11.8. The summed E-state index contributed by atoms with van der Waals surface area (Å²) in [6.07, 6.45) is 8.14. The van der Waals surface area contributed by atoms with E-state index in [1.165, 1.54) is 23.4 Å². The van der Waals surface area contributed by atoms with Gasteiger partial charge in [-0.2, -0.15) is 0 Å². The van der Waals surface area contributed by atoms with Crippen LogP contribution in [0.1, 0.15) is 24.0 Å². The number of hydrazine groups is 1. The molecule has 0 saturated carbocycles. The molecule has 3 aliphatic rings. The predicted octanol–water partition coefficient (Wildman–Crippen LogP) is 5.85. The molecule has 3 aromatic rings. The van der Waals surface area contributed by atoms with Gasteiger partial charge in [0.15, 0.2) is 0 Å². The minimum atomic E-state index is -0.349. The maximum atomic E-state index is 13.4. The maximum Gasteiger partial charge on any atom is 0.241 e. The normalized spacial score (nSPS) is 19.2. The molecule has 1 amide bonds. The zero-order chi connectivity index (χ0) is 27.5. The van der Waals surface area contributed by atoms with Crippen LogP contribution in [0.3, 0.4) is 0 Å². The fourth-order valence-corrected chi connectivity index (χ4v) is 5.61. The van der Waals surface area contributed by atoms with E-state index in [-0.39, 0.29) is 23.8 Å². The molecule has 3 aliphatic heterocycles. The first-order valence-corrected chi connectivity index (χ1v) is 13.9. The summed E-state index contributed by atoms with van der Waals surface area (Å²) in [7, 11) is 0. The molecule has 1 fully saturated rings. The maximum absolute atomic E-state index is 13.4. The van der Waals surface area contributed by atoms with Crippen molar-refractivity contribution in [3.63, 3.8) is 0 Å². The molecule has 3 aromatic carbocycles. The summed E-state index contributed by atoms with van der Waals surface area (Å²) in [4.78, 5) is 17.5. The van der Waals surface area contributed by atoms with Gasteiger partial charge in [0.1, 0.15) is 12.0 Å². The van der Waals surface area contributed by atoms with Crippen molar-refractivity contribution >= 4 is 34.5 Å². The van der Waals surface area contributed by atoms with Crippen molar-refractivity contribution in [3.05, 3.63) is 125 Å². The number of carbonyl (C=O) groups excluding carboxylic acids is 1. The van der Waals surface area contributed by atoms with Gasteiger partial charge in [-0.05, 0) is 79.0 Å². The van der Waals surface area contributed by atoms with Gasteiger partial charge in [0.2, 0.25) is 5.91 Å². The number of rotatable bonds is 7. The highest BCUT2D eigenvalue weighted by atomic mass is 35.5. The number of fused-ring (bicyclic) bond motifs is 1. The second kappa shape index (κ2) is 11.6. The number of nitrogens with zero attached hydrogens (tertiary/aromatic N) is 2. The van der Waals surface area contributed by atoms with E-state index in [0.29, 0.717) is 10.7 Å². The lowest BCUT2D eigenvalue weighted by Gasteiger charge is -2.34. The number of benzene rings is 3. The number of nitrogens with one attached hydrogen (secondary N) is 3. The minimum absolute atomic E-state index is 0.0327. The molecule has 6 nitrogen and oxygen atoms in total. The van der Waals surface area contributed by atoms with Crippen LogP contribution in [0.15, 0.2) is 103 Å². The summed E-state index contributed by atoms with van der Waals surface area (Å²) in [5, 5.41) is 4.42. The highest BCUT2D eigenvalue weighted by Gasteiger charge is 2.34. The highest BCUT2D eigenvalue weighted by molar-refractivity contribution is 6.30. The van der Waals surface area contributed by atoms with Crippen LogP contribution in [0, 0.1) is 11.7 Å². The van der Waals surface area contributed by atoms with Crippen molar-refractivity contribution in [1.29, 1.82) is 0 Å². The average Bonchev–Trinajstić information content (AvgIpc) is 3.34. The van der Waals surface area contributed by atoms with Gasteiger partial charge in [0.25, 0.3) is 0 Å². The Bertz CT molecular complexity index is 1460. The second-order valence-electron chi connectivity index (χ2n) is 10.3. The summed E-state index contributed by atoms with van der Waals surface area (Å²) in [6, 6.07) is 24.4. The molecule has 0 radical (unpaired) electrons. The SMILES string of the molecule is O=C(NNc1cccc(F)c1)C1CCN(CC2=C(c3ccc(Cl)cc3)NC3C=CC(c4ccccc4)=CN23)CC1. The molecule has 3 heterocycles. The Kier molecular flexibility index (Phi) is 7.58. The molecule has 0 bridgehead atoms. The van der Waals surface area contributed by atoms with Gasteiger partial charge in [-0.15, -0.1) is 0 Å². The van der Waals surface area contributed by atoms with Gasteiger partial charge < -0.3 is 10.2 Å². The van der Waals surface area contributed by atoms with Gasteiger partial charge in [-0.25, -0.2) is 4.39 Å². The zero-order valence-electron chi connectivity index (χ0n) is 22.0. The van der Waals surface area contributed by atoms with Gasteiger partial charge in [0, 0.05) is 23.7 Å². The van der Waals surface area contributed by atoms with Gasteiger partial charge in [-0.1, -0.05) is 66.2 Å². The average molecular weight is 556 g/mol. The lowest BCUT2D eigenvalue weighted by molar-refractivity contribution is -0.125. The topological polar surface area (TPSA) is 59.6 Å². The number of anilines is 1. The Morgan fingerprint density at radius 3 is 2.50 bits per heavy atom. The van der Waals surface area contributed by atoms with E-state index in [4.69, 9.17) is 11.6 Å². The first kappa shape index (κ1) is 26.2. The van der Waals surface area contributed by atoms with E-state index in [1.807, 2.05) is 18.2 Å². The molecule has 1 unspecified atom stereocenters. The van der Waals surface area contributed by atoms with E-state index in [0.717, 1.165) is 49.3 Å². The zero-order valence-corrected chi connectivity index (χ0v) is 22.7. The standard InChI is InChI=1S/C32H31ClFN5O/c33-26-12-9-23(10-13-26)31-29(39-20-25(11-14-30(39)35-31)22-5-2-1-3-6-22)21-38-17-15-24(16-18-38)32(40)37-36-28-8-4-7-27(34)19-28/h1-14,19-20,24,30,35-36H,15-18,21H2,(H,37,40). The van der Waals surface area contributed by atoms with E-state index >= 15 is 0 Å². The third-order valence-corrected chi connectivity index (χ3v) is 7.91. The third-order valence-electron chi connectivity index (χ3n) is 7.65. The van der Waals surface area contributed by atoms with Crippen LogP contribution in [0.2, 0.25) is 5.02 Å². The molecular weight excluding hydrogens is 525 g/mol. The van der Waals surface area contributed by atoms with Crippen LogP contribution < -0.4 is 16.2 Å². The predicted molar refractivity (Wildman–Crippen MR) is 158 cm³/mol. The van der Waals surface area contributed by atoms with E-state index in [9.17, 15) is 9.18 Å². The molecule has 0 aromatic heterocycles. The van der Waals surface area contributed by atoms with E-state index < -0.39 is 0 Å².